The number of hydrogen-bond donors (Lipinski definition) is 1. The summed E-state index contributed by atoms with van der Waals surface area (Å²) >= 11 is 0. The molecule has 3 nitrogen and oxygen atoms in total. The summed E-state index contributed by atoms with van der Waals surface area (Å²) in [5.41, 5.74) is 0. The highest BCUT2D eigenvalue weighted by molar-refractivity contribution is 4.95. The van der Waals surface area contributed by atoms with E-state index >= 15 is 0 Å². The van der Waals surface area contributed by atoms with Crippen LogP contribution in [0.5, 0.6) is 0 Å². The molecule has 0 amide bonds. The van der Waals surface area contributed by atoms with Gasteiger partial charge in [0.2, 0.25) is 0 Å². The van der Waals surface area contributed by atoms with Crippen LogP contribution in [0, 0.1) is 11.3 Å². The molecule has 1 aliphatic rings. The molecular formula is C10H19N3. The molecule has 1 unspecified atom stereocenters. The van der Waals surface area contributed by atoms with Crippen LogP contribution in [0.1, 0.15) is 26.2 Å². The Bertz CT molecular complexity index is 181. The van der Waals surface area contributed by atoms with Crippen molar-refractivity contribution >= 4 is 0 Å². The molecule has 1 atom stereocenters. The van der Waals surface area contributed by atoms with Crippen LogP contribution in [0.25, 0.3) is 0 Å². The molecule has 1 fully saturated rings. The maximum Gasteiger partial charge on any atom is 0.0967 e. The molecule has 1 rings (SSSR count). The quantitative estimate of drug-likeness (QED) is 0.663. The summed E-state index contributed by atoms with van der Waals surface area (Å²) < 4.78 is 0. The highest BCUT2D eigenvalue weighted by atomic mass is 15.1. The summed E-state index contributed by atoms with van der Waals surface area (Å²) in [4.78, 5) is 2.24. The van der Waals surface area contributed by atoms with Crippen molar-refractivity contribution in [1.29, 1.82) is 5.26 Å². The van der Waals surface area contributed by atoms with Gasteiger partial charge >= 0.3 is 0 Å². The fraction of sp³-hybridized carbons (Fsp3) is 0.900. The number of rotatable bonds is 6. The van der Waals surface area contributed by atoms with Gasteiger partial charge in [0, 0.05) is 12.6 Å². The third-order valence-electron chi connectivity index (χ3n) is 2.51. The lowest BCUT2D eigenvalue weighted by Gasteiger charge is -2.16. The minimum Gasteiger partial charge on any atom is -0.307 e. The van der Waals surface area contributed by atoms with Crippen LogP contribution in [-0.2, 0) is 0 Å². The first-order chi connectivity index (χ1) is 6.26. The Morgan fingerprint density at radius 1 is 1.62 bits per heavy atom. The Morgan fingerprint density at radius 2 is 2.31 bits per heavy atom. The van der Waals surface area contributed by atoms with Gasteiger partial charge in [-0.25, -0.2) is 0 Å². The number of nitriles is 1. The zero-order valence-electron chi connectivity index (χ0n) is 8.58. The van der Waals surface area contributed by atoms with Gasteiger partial charge in [0.25, 0.3) is 0 Å². The average Bonchev–Trinajstić information content (AvgIpc) is 2.95. The lowest BCUT2D eigenvalue weighted by molar-refractivity contribution is 0.333. The number of nitrogens with zero attached hydrogens (tertiary/aromatic N) is 2. The Balaban J connectivity index is 2.12. The van der Waals surface area contributed by atoms with Crippen molar-refractivity contribution in [3.05, 3.63) is 0 Å². The Kier molecular flexibility index (Phi) is 4.20. The van der Waals surface area contributed by atoms with Crippen LogP contribution in [0.15, 0.2) is 0 Å². The highest BCUT2D eigenvalue weighted by Gasteiger charge is 2.24. The van der Waals surface area contributed by atoms with E-state index in [1.54, 1.807) is 0 Å². The van der Waals surface area contributed by atoms with E-state index in [4.69, 9.17) is 5.26 Å². The maximum atomic E-state index is 8.86. The van der Waals surface area contributed by atoms with Crippen molar-refractivity contribution in [2.75, 3.05) is 20.1 Å². The molecule has 74 valence electrons. The number of hydrogen-bond acceptors (Lipinski definition) is 3. The molecule has 0 aromatic rings. The topological polar surface area (TPSA) is 39.1 Å². The standard InChI is InChI=1S/C10H19N3/c1-3-13(2)7-6-10(8-11)12-9-4-5-9/h9-10,12H,3-7H2,1-2H3. The van der Waals surface area contributed by atoms with Gasteiger partial charge in [-0.05, 0) is 32.9 Å². The fourth-order valence-corrected chi connectivity index (χ4v) is 1.23. The van der Waals surface area contributed by atoms with E-state index < -0.39 is 0 Å². The Labute approximate surface area is 80.7 Å². The van der Waals surface area contributed by atoms with E-state index in [0.717, 1.165) is 19.5 Å². The first kappa shape index (κ1) is 10.5. The summed E-state index contributed by atoms with van der Waals surface area (Å²) in [5, 5.41) is 12.2. The van der Waals surface area contributed by atoms with Gasteiger partial charge in [0.1, 0.15) is 0 Å². The van der Waals surface area contributed by atoms with Gasteiger partial charge in [-0.1, -0.05) is 6.92 Å². The van der Waals surface area contributed by atoms with Crippen LogP contribution in [0.2, 0.25) is 0 Å². The fourth-order valence-electron chi connectivity index (χ4n) is 1.23. The van der Waals surface area contributed by atoms with E-state index in [1.165, 1.54) is 12.8 Å². The molecule has 0 aromatic carbocycles. The number of nitrogens with one attached hydrogen (secondary N) is 1. The normalized spacial score (nSPS) is 18.6. The summed E-state index contributed by atoms with van der Waals surface area (Å²) in [6.07, 6.45) is 3.45. The molecule has 0 heterocycles. The van der Waals surface area contributed by atoms with Crippen LogP contribution in [0.4, 0.5) is 0 Å². The SMILES string of the molecule is CCN(C)CCC(C#N)NC1CC1. The van der Waals surface area contributed by atoms with Gasteiger partial charge in [-0.15, -0.1) is 0 Å². The lowest BCUT2D eigenvalue weighted by Crippen LogP contribution is -2.33. The molecule has 3 heteroatoms. The lowest BCUT2D eigenvalue weighted by atomic mass is 10.2. The molecule has 1 aliphatic carbocycles. The molecule has 0 aliphatic heterocycles. The monoisotopic (exact) mass is 181 g/mol. The zero-order valence-corrected chi connectivity index (χ0v) is 8.58. The molecule has 0 spiro atoms. The molecule has 0 aromatic heterocycles. The van der Waals surface area contributed by atoms with E-state index in [2.05, 4.69) is 30.3 Å². The maximum absolute atomic E-state index is 8.86. The summed E-state index contributed by atoms with van der Waals surface area (Å²) in [6.45, 7) is 4.20. The summed E-state index contributed by atoms with van der Waals surface area (Å²) in [7, 11) is 2.09. The van der Waals surface area contributed by atoms with Crippen molar-refractivity contribution in [3.63, 3.8) is 0 Å². The molecular weight excluding hydrogens is 162 g/mol. The Morgan fingerprint density at radius 3 is 2.77 bits per heavy atom. The van der Waals surface area contributed by atoms with Crippen LogP contribution >= 0.6 is 0 Å². The van der Waals surface area contributed by atoms with Crippen molar-refractivity contribution in [3.8, 4) is 6.07 Å². The van der Waals surface area contributed by atoms with E-state index in [0.29, 0.717) is 6.04 Å². The molecule has 0 bridgehead atoms. The molecule has 0 radical (unpaired) electrons. The van der Waals surface area contributed by atoms with Crippen molar-refractivity contribution in [2.45, 2.75) is 38.3 Å². The molecule has 1 N–H and O–H groups in total. The minimum absolute atomic E-state index is 0.0569. The van der Waals surface area contributed by atoms with Crippen LogP contribution < -0.4 is 5.32 Å². The largest absolute Gasteiger partial charge is 0.307 e. The van der Waals surface area contributed by atoms with Crippen LogP contribution in [0.3, 0.4) is 0 Å². The zero-order chi connectivity index (χ0) is 9.68. The second kappa shape index (κ2) is 5.21. The summed E-state index contributed by atoms with van der Waals surface area (Å²) in [5.74, 6) is 0. The van der Waals surface area contributed by atoms with Gasteiger partial charge in [-0.3, -0.25) is 5.32 Å². The first-order valence-corrected chi connectivity index (χ1v) is 5.10. The van der Waals surface area contributed by atoms with Gasteiger partial charge in [-0.2, -0.15) is 5.26 Å². The van der Waals surface area contributed by atoms with Crippen molar-refractivity contribution < 1.29 is 0 Å². The van der Waals surface area contributed by atoms with Gasteiger partial charge in [0.05, 0.1) is 12.1 Å². The summed E-state index contributed by atoms with van der Waals surface area (Å²) in [6, 6.07) is 3.01. The second-order valence-electron chi connectivity index (χ2n) is 3.81. The third kappa shape index (κ3) is 4.25. The van der Waals surface area contributed by atoms with Crippen molar-refractivity contribution in [1.82, 2.24) is 10.2 Å². The second-order valence-corrected chi connectivity index (χ2v) is 3.81. The minimum atomic E-state index is 0.0569. The highest BCUT2D eigenvalue weighted by Crippen LogP contribution is 2.19. The molecule has 0 saturated heterocycles. The first-order valence-electron chi connectivity index (χ1n) is 5.10. The van der Waals surface area contributed by atoms with Crippen LogP contribution in [-0.4, -0.2) is 37.1 Å². The van der Waals surface area contributed by atoms with E-state index in [1.807, 2.05) is 0 Å². The Hall–Kier alpha value is -0.590. The van der Waals surface area contributed by atoms with E-state index in [9.17, 15) is 0 Å². The average molecular weight is 181 g/mol. The van der Waals surface area contributed by atoms with Gasteiger partial charge in [0.15, 0.2) is 0 Å². The van der Waals surface area contributed by atoms with Gasteiger partial charge < -0.3 is 4.90 Å². The molecule has 1 saturated carbocycles. The smallest absolute Gasteiger partial charge is 0.0967 e. The van der Waals surface area contributed by atoms with E-state index in [-0.39, 0.29) is 6.04 Å². The predicted octanol–water partition coefficient (Wildman–Crippen LogP) is 0.972. The predicted molar refractivity (Wildman–Crippen MR) is 53.3 cm³/mol. The molecule has 13 heavy (non-hydrogen) atoms. The van der Waals surface area contributed by atoms with Crippen molar-refractivity contribution in [2.24, 2.45) is 0 Å². The third-order valence-corrected chi connectivity index (χ3v) is 2.51.